The van der Waals surface area contributed by atoms with Gasteiger partial charge in [-0.2, -0.15) is 0 Å². The molecule has 0 atom stereocenters. The Hall–Kier alpha value is -3.08. The van der Waals surface area contributed by atoms with Crippen LogP contribution >= 0.6 is 0 Å². The molecule has 3 rings (SSSR count). The number of hydrogen-bond acceptors (Lipinski definition) is 4. The minimum absolute atomic E-state index is 0.0646. The zero-order chi connectivity index (χ0) is 19.1. The Labute approximate surface area is 159 Å². The van der Waals surface area contributed by atoms with Crippen molar-refractivity contribution in [1.29, 1.82) is 0 Å². The summed E-state index contributed by atoms with van der Waals surface area (Å²) in [5, 5.41) is 0. The Morgan fingerprint density at radius 3 is 2.22 bits per heavy atom. The molecule has 0 saturated carbocycles. The minimum atomic E-state index is -0.400. The number of benzene rings is 2. The average Bonchev–Trinajstić information content (AvgIpc) is 3.25. The first-order chi connectivity index (χ1) is 13.2. The molecule has 0 N–H and O–H groups in total. The fourth-order valence-corrected chi connectivity index (χ4v) is 2.92. The highest BCUT2D eigenvalue weighted by molar-refractivity contribution is 5.94. The second kappa shape index (κ2) is 9.03. The van der Waals surface area contributed by atoms with E-state index in [1.54, 1.807) is 42.5 Å². The lowest BCUT2D eigenvalue weighted by molar-refractivity contribution is 0.0472. The van der Waals surface area contributed by atoms with Gasteiger partial charge in [0.05, 0.1) is 5.56 Å². The first-order valence-electron chi connectivity index (χ1n) is 9.06. The molecule has 1 saturated heterocycles. The van der Waals surface area contributed by atoms with Gasteiger partial charge in [-0.25, -0.2) is 4.79 Å². The lowest BCUT2D eigenvalue weighted by atomic mass is 10.1. The molecule has 27 heavy (non-hydrogen) atoms. The average molecular weight is 365 g/mol. The maximum absolute atomic E-state index is 12.3. The SMILES string of the molecule is C=CCOc1ccc(C(=O)OCc2ccc(C(=O)N3CCCC3)cc2)cc1. The summed E-state index contributed by atoms with van der Waals surface area (Å²) in [6, 6.07) is 14.0. The van der Waals surface area contributed by atoms with Gasteiger partial charge < -0.3 is 14.4 Å². The van der Waals surface area contributed by atoms with Crippen LogP contribution in [0.4, 0.5) is 0 Å². The molecule has 1 aliphatic rings. The molecule has 0 radical (unpaired) electrons. The molecule has 0 unspecified atom stereocenters. The quantitative estimate of drug-likeness (QED) is 0.552. The summed E-state index contributed by atoms with van der Waals surface area (Å²) < 4.78 is 10.7. The molecule has 0 bridgehead atoms. The zero-order valence-electron chi connectivity index (χ0n) is 15.2. The molecule has 5 heteroatoms. The molecule has 0 aliphatic carbocycles. The second-order valence-corrected chi connectivity index (χ2v) is 6.40. The van der Waals surface area contributed by atoms with Gasteiger partial charge in [-0.05, 0) is 54.8 Å². The molecule has 1 heterocycles. The van der Waals surface area contributed by atoms with Gasteiger partial charge in [0.15, 0.2) is 0 Å². The summed E-state index contributed by atoms with van der Waals surface area (Å²) in [5.74, 6) is 0.335. The summed E-state index contributed by atoms with van der Waals surface area (Å²) in [5.41, 5.74) is 1.97. The van der Waals surface area contributed by atoms with Gasteiger partial charge in [-0.15, -0.1) is 0 Å². The van der Waals surface area contributed by atoms with Crippen LogP contribution in [0.15, 0.2) is 61.2 Å². The fraction of sp³-hybridized carbons (Fsp3) is 0.273. The molecule has 5 nitrogen and oxygen atoms in total. The number of nitrogens with zero attached hydrogens (tertiary/aromatic N) is 1. The third-order valence-corrected chi connectivity index (χ3v) is 4.42. The number of esters is 1. The Morgan fingerprint density at radius 2 is 1.59 bits per heavy atom. The van der Waals surface area contributed by atoms with Crippen molar-refractivity contribution in [3.63, 3.8) is 0 Å². The van der Waals surface area contributed by atoms with Crippen LogP contribution in [-0.2, 0) is 11.3 Å². The van der Waals surface area contributed by atoms with Crippen LogP contribution in [0.2, 0.25) is 0 Å². The molecular weight excluding hydrogens is 342 g/mol. The Bertz CT molecular complexity index is 790. The topological polar surface area (TPSA) is 55.8 Å². The van der Waals surface area contributed by atoms with E-state index in [0.29, 0.717) is 23.5 Å². The van der Waals surface area contributed by atoms with Crippen molar-refractivity contribution in [2.75, 3.05) is 19.7 Å². The lowest BCUT2D eigenvalue weighted by Gasteiger charge is -2.15. The van der Waals surface area contributed by atoms with Gasteiger partial charge in [0.2, 0.25) is 0 Å². The summed E-state index contributed by atoms with van der Waals surface area (Å²) in [7, 11) is 0. The third kappa shape index (κ3) is 4.97. The second-order valence-electron chi connectivity index (χ2n) is 6.40. The van der Waals surface area contributed by atoms with Crippen molar-refractivity contribution < 1.29 is 19.1 Å². The molecule has 2 aromatic rings. The van der Waals surface area contributed by atoms with Crippen molar-refractivity contribution in [2.45, 2.75) is 19.4 Å². The van der Waals surface area contributed by atoms with E-state index in [9.17, 15) is 9.59 Å². The highest BCUT2D eigenvalue weighted by Crippen LogP contribution is 2.16. The summed E-state index contributed by atoms with van der Waals surface area (Å²) >= 11 is 0. The highest BCUT2D eigenvalue weighted by atomic mass is 16.5. The van der Waals surface area contributed by atoms with Crippen LogP contribution < -0.4 is 4.74 Å². The summed E-state index contributed by atoms with van der Waals surface area (Å²) in [4.78, 5) is 26.4. The molecule has 1 amide bonds. The van der Waals surface area contributed by atoms with Gasteiger partial charge >= 0.3 is 5.97 Å². The van der Waals surface area contributed by atoms with E-state index in [1.165, 1.54) is 0 Å². The van der Waals surface area contributed by atoms with Gasteiger partial charge in [0.25, 0.3) is 5.91 Å². The van der Waals surface area contributed by atoms with Crippen LogP contribution in [0, 0.1) is 0 Å². The first kappa shape index (κ1) is 18.7. The fourth-order valence-electron chi connectivity index (χ4n) is 2.92. The van der Waals surface area contributed by atoms with Gasteiger partial charge in [0.1, 0.15) is 19.0 Å². The highest BCUT2D eigenvalue weighted by Gasteiger charge is 2.19. The van der Waals surface area contributed by atoms with E-state index in [-0.39, 0.29) is 12.5 Å². The predicted octanol–water partition coefficient (Wildman–Crippen LogP) is 3.84. The molecule has 0 spiro atoms. The maximum Gasteiger partial charge on any atom is 0.338 e. The van der Waals surface area contributed by atoms with Gasteiger partial charge in [0, 0.05) is 18.7 Å². The smallest absolute Gasteiger partial charge is 0.338 e. The molecule has 0 aromatic heterocycles. The van der Waals surface area contributed by atoms with E-state index in [2.05, 4.69) is 6.58 Å². The third-order valence-electron chi connectivity index (χ3n) is 4.42. The lowest BCUT2D eigenvalue weighted by Crippen LogP contribution is -2.27. The molecule has 2 aromatic carbocycles. The van der Waals surface area contributed by atoms with Crippen molar-refractivity contribution in [1.82, 2.24) is 4.90 Å². The van der Waals surface area contributed by atoms with Crippen LogP contribution in [0.1, 0.15) is 39.1 Å². The van der Waals surface area contributed by atoms with E-state index < -0.39 is 5.97 Å². The van der Waals surface area contributed by atoms with E-state index in [1.807, 2.05) is 17.0 Å². The van der Waals surface area contributed by atoms with Crippen LogP contribution in [-0.4, -0.2) is 36.5 Å². The number of hydrogen-bond donors (Lipinski definition) is 0. The Balaban J connectivity index is 1.52. The number of carbonyl (C=O) groups is 2. The molecular formula is C22H23NO4. The maximum atomic E-state index is 12.3. The summed E-state index contributed by atoms with van der Waals surface area (Å²) in [6.45, 7) is 5.82. The van der Waals surface area contributed by atoms with Crippen LogP contribution in [0.25, 0.3) is 0 Å². The van der Waals surface area contributed by atoms with E-state index in [4.69, 9.17) is 9.47 Å². The van der Waals surface area contributed by atoms with Crippen molar-refractivity contribution in [3.8, 4) is 5.75 Å². The van der Waals surface area contributed by atoms with E-state index >= 15 is 0 Å². The minimum Gasteiger partial charge on any atom is -0.490 e. The summed E-state index contributed by atoms with van der Waals surface area (Å²) in [6.07, 6.45) is 3.80. The van der Waals surface area contributed by atoms with Gasteiger partial charge in [-0.3, -0.25) is 4.79 Å². The predicted molar refractivity (Wildman–Crippen MR) is 103 cm³/mol. The first-order valence-corrected chi connectivity index (χ1v) is 9.06. The largest absolute Gasteiger partial charge is 0.490 e. The number of rotatable bonds is 7. The standard InChI is InChI=1S/C22H23NO4/c1-2-15-26-20-11-9-19(10-12-20)22(25)27-16-17-5-7-18(8-6-17)21(24)23-13-3-4-14-23/h2,5-12H,1,3-4,13-16H2. The number of likely N-dealkylation sites (tertiary alicyclic amines) is 1. The van der Waals surface area contributed by atoms with E-state index in [0.717, 1.165) is 31.5 Å². The number of amides is 1. The number of ether oxygens (including phenoxy) is 2. The zero-order valence-corrected chi connectivity index (χ0v) is 15.2. The van der Waals surface area contributed by atoms with Crippen molar-refractivity contribution >= 4 is 11.9 Å². The van der Waals surface area contributed by atoms with Gasteiger partial charge in [-0.1, -0.05) is 24.8 Å². The molecule has 1 fully saturated rings. The van der Waals surface area contributed by atoms with Crippen molar-refractivity contribution in [2.24, 2.45) is 0 Å². The normalized spacial score (nSPS) is 13.3. The molecule has 1 aliphatic heterocycles. The molecule has 140 valence electrons. The van der Waals surface area contributed by atoms with Crippen molar-refractivity contribution in [3.05, 3.63) is 77.9 Å². The van der Waals surface area contributed by atoms with Crippen LogP contribution in [0.5, 0.6) is 5.75 Å². The number of carbonyl (C=O) groups excluding carboxylic acids is 2. The van der Waals surface area contributed by atoms with Crippen LogP contribution in [0.3, 0.4) is 0 Å². The Kier molecular flexibility index (Phi) is 6.26. The Morgan fingerprint density at radius 1 is 0.963 bits per heavy atom. The monoisotopic (exact) mass is 365 g/mol.